The third kappa shape index (κ3) is 4.75. The van der Waals surface area contributed by atoms with Gasteiger partial charge in [-0.1, -0.05) is 0 Å². The molecule has 0 aromatic heterocycles. The maximum Gasteiger partial charge on any atom is 0.238 e. The smallest absolute Gasteiger partial charge is 0.238 e. The third-order valence-corrected chi connectivity index (χ3v) is 3.33. The first-order valence-corrected chi connectivity index (χ1v) is 7.02. The molecule has 1 heterocycles. The van der Waals surface area contributed by atoms with Gasteiger partial charge in [0.1, 0.15) is 5.54 Å². The van der Waals surface area contributed by atoms with Gasteiger partial charge < -0.3 is 15.8 Å². The number of hydrogen-bond donors (Lipinski definition) is 2. The Morgan fingerprint density at radius 3 is 2.58 bits per heavy atom. The number of primary amides is 1. The standard InChI is InChI=1S/C14H29N3O2/c1-10(2)16-14(6,12(15)18)9-17-7-11(3)19-13(4,5)8-17/h10-11,16H,7-9H2,1-6H3,(H2,15,18). The minimum Gasteiger partial charge on any atom is -0.370 e. The summed E-state index contributed by atoms with van der Waals surface area (Å²) in [5.41, 5.74) is 4.69. The monoisotopic (exact) mass is 271 g/mol. The van der Waals surface area contributed by atoms with Crippen LogP contribution >= 0.6 is 0 Å². The van der Waals surface area contributed by atoms with Crippen LogP contribution in [0.15, 0.2) is 0 Å². The Balaban J connectivity index is 2.76. The maximum atomic E-state index is 11.8. The predicted octanol–water partition coefficient (Wildman–Crippen LogP) is 0.728. The number of morpholine rings is 1. The first kappa shape index (κ1) is 16.4. The lowest BCUT2D eigenvalue weighted by Crippen LogP contribution is -2.64. The molecule has 0 radical (unpaired) electrons. The largest absolute Gasteiger partial charge is 0.370 e. The van der Waals surface area contributed by atoms with Gasteiger partial charge in [0.2, 0.25) is 5.91 Å². The molecule has 0 saturated carbocycles. The average Bonchev–Trinajstić information content (AvgIpc) is 2.11. The molecule has 5 nitrogen and oxygen atoms in total. The SMILES string of the molecule is CC(C)NC(C)(CN1CC(C)OC(C)(C)C1)C(N)=O. The molecule has 0 bridgehead atoms. The molecule has 2 atom stereocenters. The van der Waals surface area contributed by atoms with Crippen LogP contribution < -0.4 is 11.1 Å². The highest BCUT2D eigenvalue weighted by Gasteiger charge is 2.38. The van der Waals surface area contributed by atoms with Gasteiger partial charge in [0.25, 0.3) is 0 Å². The molecule has 2 unspecified atom stereocenters. The first-order valence-electron chi connectivity index (χ1n) is 7.02. The molecule has 0 aromatic carbocycles. The Labute approximate surface area is 116 Å². The molecule has 19 heavy (non-hydrogen) atoms. The lowest BCUT2D eigenvalue weighted by Gasteiger charge is -2.44. The van der Waals surface area contributed by atoms with Crippen LogP contribution in [0.25, 0.3) is 0 Å². The zero-order valence-electron chi connectivity index (χ0n) is 13.1. The number of amides is 1. The lowest BCUT2D eigenvalue weighted by atomic mass is 9.97. The fraction of sp³-hybridized carbons (Fsp3) is 0.929. The van der Waals surface area contributed by atoms with E-state index in [9.17, 15) is 4.79 Å². The summed E-state index contributed by atoms with van der Waals surface area (Å²) >= 11 is 0. The number of carbonyl (C=O) groups is 1. The van der Waals surface area contributed by atoms with Crippen molar-refractivity contribution in [1.29, 1.82) is 0 Å². The minimum absolute atomic E-state index is 0.167. The van der Waals surface area contributed by atoms with Gasteiger partial charge in [0, 0.05) is 25.7 Å². The summed E-state index contributed by atoms with van der Waals surface area (Å²) in [7, 11) is 0. The fourth-order valence-corrected chi connectivity index (χ4v) is 2.99. The summed E-state index contributed by atoms with van der Waals surface area (Å²) in [6, 6.07) is 0.212. The summed E-state index contributed by atoms with van der Waals surface area (Å²) in [6.07, 6.45) is 0.167. The fourth-order valence-electron chi connectivity index (χ4n) is 2.99. The van der Waals surface area contributed by atoms with E-state index in [0.717, 1.165) is 13.1 Å². The predicted molar refractivity (Wildman–Crippen MR) is 76.9 cm³/mol. The van der Waals surface area contributed by atoms with E-state index in [1.54, 1.807) is 0 Å². The highest BCUT2D eigenvalue weighted by atomic mass is 16.5. The summed E-state index contributed by atoms with van der Waals surface area (Å²) in [5.74, 6) is -0.307. The Morgan fingerprint density at radius 1 is 1.58 bits per heavy atom. The van der Waals surface area contributed by atoms with E-state index in [-0.39, 0.29) is 23.7 Å². The second-order valence-corrected chi connectivity index (χ2v) is 6.85. The zero-order valence-corrected chi connectivity index (χ0v) is 13.1. The molecule has 1 aliphatic heterocycles. The molecule has 1 aliphatic rings. The van der Waals surface area contributed by atoms with E-state index in [1.807, 2.05) is 20.8 Å². The normalized spacial score (nSPS) is 27.2. The van der Waals surface area contributed by atoms with E-state index >= 15 is 0 Å². The average molecular weight is 271 g/mol. The molecule has 112 valence electrons. The molecule has 1 fully saturated rings. The number of nitrogens with two attached hydrogens (primary N) is 1. The highest BCUT2D eigenvalue weighted by Crippen LogP contribution is 2.22. The molecule has 3 N–H and O–H groups in total. The summed E-state index contributed by atoms with van der Waals surface area (Å²) in [6.45, 7) is 14.4. The number of rotatable bonds is 5. The summed E-state index contributed by atoms with van der Waals surface area (Å²) in [4.78, 5) is 14.0. The third-order valence-electron chi connectivity index (χ3n) is 3.33. The van der Waals surface area contributed by atoms with Crippen molar-refractivity contribution in [3.63, 3.8) is 0 Å². The lowest BCUT2D eigenvalue weighted by molar-refractivity contribution is -0.139. The molecular formula is C14H29N3O2. The topological polar surface area (TPSA) is 67.6 Å². The van der Waals surface area contributed by atoms with E-state index in [4.69, 9.17) is 10.5 Å². The van der Waals surface area contributed by atoms with Gasteiger partial charge >= 0.3 is 0 Å². The number of carbonyl (C=O) groups excluding carboxylic acids is 1. The van der Waals surface area contributed by atoms with Crippen molar-refractivity contribution in [2.45, 2.75) is 64.8 Å². The van der Waals surface area contributed by atoms with Crippen LogP contribution in [0.1, 0.15) is 41.5 Å². The van der Waals surface area contributed by atoms with Crippen molar-refractivity contribution in [2.24, 2.45) is 5.73 Å². The molecule has 0 spiro atoms. The molecular weight excluding hydrogens is 242 g/mol. The van der Waals surface area contributed by atoms with Gasteiger partial charge in [0.05, 0.1) is 11.7 Å². The van der Waals surface area contributed by atoms with Crippen LogP contribution in [0.2, 0.25) is 0 Å². The number of ether oxygens (including phenoxy) is 1. The minimum atomic E-state index is -0.707. The number of nitrogens with one attached hydrogen (secondary N) is 1. The number of hydrogen-bond acceptors (Lipinski definition) is 4. The van der Waals surface area contributed by atoms with E-state index in [0.29, 0.717) is 6.54 Å². The Bertz CT molecular complexity index is 331. The Kier molecular flexibility index (Phi) is 4.98. The van der Waals surface area contributed by atoms with Crippen molar-refractivity contribution < 1.29 is 9.53 Å². The van der Waals surface area contributed by atoms with Crippen LogP contribution in [0.5, 0.6) is 0 Å². The van der Waals surface area contributed by atoms with Crippen LogP contribution in [0.4, 0.5) is 0 Å². The molecule has 1 rings (SSSR count). The van der Waals surface area contributed by atoms with Gasteiger partial charge in [-0.2, -0.15) is 0 Å². The highest BCUT2D eigenvalue weighted by molar-refractivity contribution is 5.84. The molecule has 0 aliphatic carbocycles. The van der Waals surface area contributed by atoms with Gasteiger partial charge in [-0.3, -0.25) is 9.69 Å². The van der Waals surface area contributed by atoms with Crippen molar-refractivity contribution in [2.75, 3.05) is 19.6 Å². The van der Waals surface area contributed by atoms with Crippen molar-refractivity contribution in [1.82, 2.24) is 10.2 Å². The van der Waals surface area contributed by atoms with Gasteiger partial charge in [-0.15, -0.1) is 0 Å². The van der Waals surface area contributed by atoms with Crippen LogP contribution in [-0.4, -0.2) is 53.7 Å². The second kappa shape index (κ2) is 5.77. The Morgan fingerprint density at radius 2 is 2.16 bits per heavy atom. The first-order chi connectivity index (χ1) is 8.54. The van der Waals surface area contributed by atoms with Crippen LogP contribution in [0, 0.1) is 0 Å². The quantitative estimate of drug-likeness (QED) is 0.773. The van der Waals surface area contributed by atoms with Gasteiger partial charge in [0.15, 0.2) is 0 Å². The van der Waals surface area contributed by atoms with Gasteiger partial charge in [-0.25, -0.2) is 0 Å². The number of nitrogens with zero attached hydrogens (tertiary/aromatic N) is 1. The maximum absolute atomic E-state index is 11.8. The van der Waals surface area contributed by atoms with Crippen LogP contribution in [0.3, 0.4) is 0 Å². The zero-order chi connectivity index (χ0) is 14.8. The summed E-state index contributed by atoms with van der Waals surface area (Å²) < 4.78 is 5.88. The Hall–Kier alpha value is -0.650. The second-order valence-electron chi connectivity index (χ2n) is 6.85. The van der Waals surface area contributed by atoms with E-state index < -0.39 is 5.54 Å². The van der Waals surface area contributed by atoms with Crippen molar-refractivity contribution >= 4 is 5.91 Å². The van der Waals surface area contributed by atoms with E-state index in [1.165, 1.54) is 0 Å². The molecule has 0 aromatic rings. The van der Waals surface area contributed by atoms with Crippen LogP contribution in [-0.2, 0) is 9.53 Å². The molecule has 5 heteroatoms. The summed E-state index contributed by atoms with van der Waals surface area (Å²) in [5, 5.41) is 3.29. The van der Waals surface area contributed by atoms with Crippen molar-refractivity contribution in [3.05, 3.63) is 0 Å². The van der Waals surface area contributed by atoms with Gasteiger partial charge in [-0.05, 0) is 41.5 Å². The molecule has 1 amide bonds. The molecule has 1 saturated heterocycles. The van der Waals surface area contributed by atoms with Crippen molar-refractivity contribution in [3.8, 4) is 0 Å². The van der Waals surface area contributed by atoms with E-state index in [2.05, 4.69) is 31.0 Å².